The van der Waals surface area contributed by atoms with Crippen molar-refractivity contribution in [2.75, 3.05) is 5.32 Å². The van der Waals surface area contributed by atoms with E-state index in [4.69, 9.17) is 23.2 Å². The van der Waals surface area contributed by atoms with Crippen molar-refractivity contribution >= 4 is 50.5 Å². The first-order valence-electron chi connectivity index (χ1n) is 4.77. The number of nitrogens with zero attached hydrogens (tertiary/aromatic N) is 2. The Labute approximate surface area is 117 Å². The molecule has 0 saturated heterocycles. The van der Waals surface area contributed by atoms with E-state index in [1.165, 1.54) is 0 Å². The van der Waals surface area contributed by atoms with Crippen molar-refractivity contribution in [3.05, 3.63) is 44.6 Å². The standard InChI is InChI=1S/C11H8BrCl2N3/c1-6-2-7(12)4-8(3-6)15-9-5-10(13)16-17-11(9)14/h2-5H,1H3,(H,15,16). The third-order valence-electron chi connectivity index (χ3n) is 2.04. The average Bonchev–Trinajstić information content (AvgIpc) is 2.22. The van der Waals surface area contributed by atoms with Gasteiger partial charge in [-0.2, -0.15) is 0 Å². The first-order chi connectivity index (χ1) is 8.04. The number of aromatic nitrogens is 2. The fraction of sp³-hybridized carbons (Fsp3) is 0.0909. The fourth-order valence-corrected chi connectivity index (χ4v) is 2.30. The second-order valence-corrected chi connectivity index (χ2v) is 5.17. The molecule has 0 amide bonds. The molecule has 6 heteroatoms. The lowest BCUT2D eigenvalue weighted by Gasteiger charge is -2.09. The summed E-state index contributed by atoms with van der Waals surface area (Å²) in [5, 5.41) is 11.1. The maximum atomic E-state index is 5.92. The topological polar surface area (TPSA) is 37.8 Å². The van der Waals surface area contributed by atoms with Crippen LogP contribution < -0.4 is 5.32 Å². The summed E-state index contributed by atoms with van der Waals surface area (Å²) in [6.45, 7) is 2.01. The summed E-state index contributed by atoms with van der Waals surface area (Å²) < 4.78 is 0.990. The maximum Gasteiger partial charge on any atom is 0.175 e. The molecule has 1 N–H and O–H groups in total. The van der Waals surface area contributed by atoms with Crippen molar-refractivity contribution in [1.29, 1.82) is 0 Å². The van der Waals surface area contributed by atoms with E-state index >= 15 is 0 Å². The van der Waals surface area contributed by atoms with Crippen LogP contribution in [0.3, 0.4) is 0 Å². The molecular weight excluding hydrogens is 325 g/mol. The quantitative estimate of drug-likeness (QED) is 0.873. The molecule has 0 aliphatic carbocycles. The Bertz CT molecular complexity index is 540. The van der Waals surface area contributed by atoms with Crippen LogP contribution in [0.25, 0.3) is 0 Å². The van der Waals surface area contributed by atoms with Crippen molar-refractivity contribution in [3.63, 3.8) is 0 Å². The van der Waals surface area contributed by atoms with Crippen LogP contribution in [0.2, 0.25) is 10.3 Å². The normalized spacial score (nSPS) is 10.4. The molecule has 1 aromatic heterocycles. The van der Waals surface area contributed by atoms with E-state index in [0.717, 1.165) is 15.7 Å². The zero-order chi connectivity index (χ0) is 12.4. The van der Waals surface area contributed by atoms with Gasteiger partial charge in [-0.25, -0.2) is 0 Å². The summed E-state index contributed by atoms with van der Waals surface area (Å²) >= 11 is 15.1. The van der Waals surface area contributed by atoms with Crippen LogP contribution >= 0.6 is 39.1 Å². The van der Waals surface area contributed by atoms with Gasteiger partial charge in [0.25, 0.3) is 0 Å². The Morgan fingerprint density at radius 3 is 2.59 bits per heavy atom. The molecule has 17 heavy (non-hydrogen) atoms. The Morgan fingerprint density at radius 1 is 1.12 bits per heavy atom. The zero-order valence-corrected chi connectivity index (χ0v) is 11.9. The van der Waals surface area contributed by atoms with E-state index in [-0.39, 0.29) is 5.15 Å². The predicted molar refractivity (Wildman–Crippen MR) is 74.2 cm³/mol. The highest BCUT2D eigenvalue weighted by Gasteiger charge is 2.05. The van der Waals surface area contributed by atoms with Gasteiger partial charge in [0, 0.05) is 16.2 Å². The molecule has 88 valence electrons. The van der Waals surface area contributed by atoms with E-state index in [9.17, 15) is 0 Å². The number of hydrogen-bond acceptors (Lipinski definition) is 3. The highest BCUT2D eigenvalue weighted by atomic mass is 79.9. The van der Waals surface area contributed by atoms with Crippen molar-refractivity contribution in [2.45, 2.75) is 6.92 Å². The van der Waals surface area contributed by atoms with Crippen LogP contribution in [0.4, 0.5) is 11.4 Å². The Hall–Kier alpha value is -0.840. The van der Waals surface area contributed by atoms with Crippen LogP contribution in [0.15, 0.2) is 28.7 Å². The largest absolute Gasteiger partial charge is 0.353 e. The lowest BCUT2D eigenvalue weighted by Crippen LogP contribution is -1.95. The Morgan fingerprint density at radius 2 is 1.88 bits per heavy atom. The molecule has 0 aliphatic heterocycles. The van der Waals surface area contributed by atoms with E-state index in [2.05, 4.69) is 31.4 Å². The minimum atomic E-state index is 0.284. The van der Waals surface area contributed by atoms with E-state index < -0.39 is 0 Å². The van der Waals surface area contributed by atoms with Gasteiger partial charge in [-0.1, -0.05) is 39.1 Å². The summed E-state index contributed by atoms with van der Waals surface area (Å²) in [7, 11) is 0. The molecule has 1 heterocycles. The van der Waals surface area contributed by atoms with Gasteiger partial charge in [-0.3, -0.25) is 0 Å². The highest BCUT2D eigenvalue weighted by Crippen LogP contribution is 2.27. The van der Waals surface area contributed by atoms with Gasteiger partial charge in [0.15, 0.2) is 10.3 Å². The van der Waals surface area contributed by atoms with Crippen molar-refractivity contribution in [2.24, 2.45) is 0 Å². The predicted octanol–water partition coefficient (Wildman–Crippen LogP) is 4.60. The number of anilines is 2. The first kappa shape index (κ1) is 12.6. The zero-order valence-electron chi connectivity index (χ0n) is 8.84. The fourth-order valence-electron chi connectivity index (χ4n) is 1.40. The number of aryl methyl sites for hydroxylation is 1. The number of benzene rings is 1. The SMILES string of the molecule is Cc1cc(Br)cc(Nc2cc(Cl)nnc2Cl)c1. The molecule has 0 unspecified atom stereocenters. The third kappa shape index (κ3) is 3.31. The Balaban J connectivity index is 2.34. The molecule has 0 radical (unpaired) electrons. The monoisotopic (exact) mass is 331 g/mol. The van der Waals surface area contributed by atoms with Crippen molar-refractivity contribution < 1.29 is 0 Å². The van der Waals surface area contributed by atoms with Crippen LogP contribution in [0.5, 0.6) is 0 Å². The third-order valence-corrected chi connectivity index (χ3v) is 2.96. The molecule has 0 bridgehead atoms. The van der Waals surface area contributed by atoms with Gasteiger partial charge in [-0.05, 0) is 30.7 Å². The van der Waals surface area contributed by atoms with Gasteiger partial charge in [0.2, 0.25) is 0 Å². The summed E-state index contributed by atoms with van der Waals surface area (Å²) in [6.07, 6.45) is 0. The molecular formula is C11H8BrCl2N3. The second-order valence-electron chi connectivity index (χ2n) is 3.51. The van der Waals surface area contributed by atoms with Crippen LogP contribution in [0.1, 0.15) is 5.56 Å². The minimum absolute atomic E-state index is 0.284. The van der Waals surface area contributed by atoms with Crippen LogP contribution in [-0.2, 0) is 0 Å². The smallest absolute Gasteiger partial charge is 0.175 e. The molecule has 2 rings (SSSR count). The molecule has 3 nitrogen and oxygen atoms in total. The van der Waals surface area contributed by atoms with E-state index in [0.29, 0.717) is 10.8 Å². The van der Waals surface area contributed by atoms with Crippen molar-refractivity contribution in [1.82, 2.24) is 10.2 Å². The van der Waals surface area contributed by atoms with Gasteiger partial charge < -0.3 is 5.32 Å². The van der Waals surface area contributed by atoms with E-state index in [1.807, 2.05) is 25.1 Å². The Kier molecular flexibility index (Phi) is 3.86. The van der Waals surface area contributed by atoms with Crippen molar-refractivity contribution in [3.8, 4) is 0 Å². The van der Waals surface area contributed by atoms with Gasteiger partial charge >= 0.3 is 0 Å². The number of nitrogens with one attached hydrogen (secondary N) is 1. The number of halogens is 3. The lowest BCUT2D eigenvalue weighted by molar-refractivity contribution is 1.03. The highest BCUT2D eigenvalue weighted by molar-refractivity contribution is 9.10. The molecule has 0 fully saturated rings. The minimum Gasteiger partial charge on any atom is -0.353 e. The summed E-state index contributed by atoms with van der Waals surface area (Å²) in [5.74, 6) is 0. The molecule has 0 atom stereocenters. The summed E-state index contributed by atoms with van der Waals surface area (Å²) in [5.41, 5.74) is 2.66. The summed E-state index contributed by atoms with van der Waals surface area (Å²) in [4.78, 5) is 0. The average molecular weight is 333 g/mol. The first-order valence-corrected chi connectivity index (χ1v) is 6.32. The van der Waals surface area contributed by atoms with Gasteiger partial charge in [0.1, 0.15) is 0 Å². The number of rotatable bonds is 2. The number of hydrogen-bond donors (Lipinski definition) is 1. The molecule has 0 saturated carbocycles. The van der Waals surface area contributed by atoms with Gasteiger partial charge in [-0.15, -0.1) is 10.2 Å². The summed E-state index contributed by atoms with van der Waals surface area (Å²) in [6, 6.07) is 7.59. The lowest BCUT2D eigenvalue weighted by atomic mass is 10.2. The molecule has 0 spiro atoms. The molecule has 0 aliphatic rings. The van der Waals surface area contributed by atoms with Gasteiger partial charge in [0.05, 0.1) is 5.69 Å². The molecule has 2 aromatic rings. The molecule has 1 aromatic carbocycles. The van der Waals surface area contributed by atoms with E-state index in [1.54, 1.807) is 6.07 Å². The van der Waals surface area contributed by atoms with Crippen LogP contribution in [-0.4, -0.2) is 10.2 Å². The van der Waals surface area contributed by atoms with Crippen LogP contribution in [0, 0.1) is 6.92 Å². The second kappa shape index (κ2) is 5.21. The maximum absolute atomic E-state index is 5.92.